The van der Waals surface area contributed by atoms with Crippen molar-refractivity contribution in [2.24, 2.45) is 11.7 Å². The van der Waals surface area contributed by atoms with Crippen LogP contribution in [-0.2, 0) is 9.59 Å². The molecule has 0 spiro atoms. The topological polar surface area (TPSA) is 92.4 Å². The molecule has 0 aromatic rings. The zero-order chi connectivity index (χ0) is 14.8. The Kier molecular flexibility index (Phi) is 9.69. The zero-order valence-electron chi connectivity index (χ0n) is 12.0. The molecule has 0 aromatic carbocycles. The fourth-order valence-electron chi connectivity index (χ4n) is 1.47. The van der Waals surface area contributed by atoms with Gasteiger partial charge < -0.3 is 16.2 Å². The van der Waals surface area contributed by atoms with Crippen molar-refractivity contribution in [3.63, 3.8) is 0 Å². The fourth-order valence-corrected chi connectivity index (χ4v) is 2.30. The molecule has 4 N–H and O–H groups in total. The molecule has 0 aromatic heterocycles. The first-order chi connectivity index (χ1) is 8.82. The number of nitrogens with one attached hydrogen (secondary N) is 1. The average molecular weight is 290 g/mol. The molecular weight excluding hydrogens is 264 g/mol. The van der Waals surface area contributed by atoms with Crippen molar-refractivity contribution in [1.29, 1.82) is 0 Å². The Bertz CT molecular complexity index is 285. The second-order valence-corrected chi connectivity index (χ2v) is 6.33. The summed E-state index contributed by atoms with van der Waals surface area (Å²) in [6.45, 7) is 6.33. The fraction of sp³-hybridized carbons (Fsp3) is 0.846. The number of hydrogen-bond acceptors (Lipinski definition) is 4. The number of carboxylic acid groups (broad SMARTS) is 1. The molecule has 0 radical (unpaired) electrons. The highest BCUT2D eigenvalue weighted by Gasteiger charge is 2.12. The van der Waals surface area contributed by atoms with E-state index in [0.717, 1.165) is 12.8 Å². The number of carbonyl (C=O) groups is 2. The maximum absolute atomic E-state index is 11.6. The van der Waals surface area contributed by atoms with Crippen molar-refractivity contribution in [3.8, 4) is 0 Å². The predicted molar refractivity (Wildman–Crippen MR) is 79.2 cm³/mol. The van der Waals surface area contributed by atoms with Crippen LogP contribution in [0.4, 0.5) is 0 Å². The third-order valence-corrected chi connectivity index (χ3v) is 3.70. The van der Waals surface area contributed by atoms with Crippen LogP contribution in [0, 0.1) is 5.92 Å². The molecular formula is C13H26N2O3S. The summed E-state index contributed by atoms with van der Waals surface area (Å²) >= 11 is 1.42. The van der Waals surface area contributed by atoms with Crippen molar-refractivity contribution >= 4 is 23.6 Å². The smallest absolute Gasteiger partial charge is 0.320 e. The third kappa shape index (κ3) is 10.8. The van der Waals surface area contributed by atoms with Gasteiger partial charge in [-0.2, -0.15) is 11.8 Å². The van der Waals surface area contributed by atoms with Crippen LogP contribution in [0.2, 0.25) is 0 Å². The SMILES string of the molecule is CC(C)CCC(C)NC(=O)CSCCC(N)C(=O)O. The number of amides is 1. The average Bonchev–Trinajstić information content (AvgIpc) is 2.31. The standard InChI is InChI=1S/C13H26N2O3S/c1-9(2)4-5-10(3)15-12(16)8-19-7-6-11(14)13(17)18/h9-11H,4-8,14H2,1-3H3,(H,15,16)(H,17,18). The van der Waals surface area contributed by atoms with Gasteiger partial charge in [-0.25, -0.2) is 0 Å². The summed E-state index contributed by atoms with van der Waals surface area (Å²) in [4.78, 5) is 22.1. The maximum Gasteiger partial charge on any atom is 0.320 e. The molecule has 5 nitrogen and oxygen atoms in total. The van der Waals surface area contributed by atoms with E-state index in [1.54, 1.807) is 0 Å². The van der Waals surface area contributed by atoms with E-state index in [2.05, 4.69) is 19.2 Å². The van der Waals surface area contributed by atoms with E-state index in [1.165, 1.54) is 11.8 Å². The maximum atomic E-state index is 11.6. The van der Waals surface area contributed by atoms with Crippen molar-refractivity contribution in [1.82, 2.24) is 5.32 Å². The van der Waals surface area contributed by atoms with Gasteiger partial charge in [0.15, 0.2) is 0 Å². The molecule has 0 aliphatic rings. The van der Waals surface area contributed by atoms with Crippen molar-refractivity contribution in [2.75, 3.05) is 11.5 Å². The molecule has 0 fully saturated rings. The molecule has 0 heterocycles. The number of thioether (sulfide) groups is 1. The normalized spacial score (nSPS) is 14.2. The first-order valence-corrected chi connectivity index (χ1v) is 7.83. The van der Waals surface area contributed by atoms with E-state index >= 15 is 0 Å². The number of aliphatic carboxylic acids is 1. The first-order valence-electron chi connectivity index (χ1n) is 6.68. The summed E-state index contributed by atoms with van der Waals surface area (Å²) in [6.07, 6.45) is 2.47. The Morgan fingerprint density at radius 3 is 2.37 bits per heavy atom. The Hall–Kier alpha value is -0.750. The van der Waals surface area contributed by atoms with Crippen LogP contribution in [0.3, 0.4) is 0 Å². The van der Waals surface area contributed by atoms with Gasteiger partial charge in [0.1, 0.15) is 6.04 Å². The number of carboxylic acids is 1. The number of nitrogens with two attached hydrogens (primary N) is 1. The molecule has 0 saturated heterocycles. The van der Waals surface area contributed by atoms with Crippen LogP contribution in [0.25, 0.3) is 0 Å². The Morgan fingerprint density at radius 1 is 1.21 bits per heavy atom. The second-order valence-electron chi connectivity index (χ2n) is 5.23. The lowest BCUT2D eigenvalue weighted by atomic mass is 10.0. The second kappa shape index (κ2) is 10.1. The molecule has 0 saturated carbocycles. The van der Waals surface area contributed by atoms with Crippen LogP contribution in [0.5, 0.6) is 0 Å². The molecule has 112 valence electrons. The summed E-state index contributed by atoms with van der Waals surface area (Å²) in [5.41, 5.74) is 5.37. The highest BCUT2D eigenvalue weighted by Crippen LogP contribution is 2.07. The third-order valence-electron chi connectivity index (χ3n) is 2.71. The van der Waals surface area contributed by atoms with Gasteiger partial charge in [0.2, 0.25) is 5.91 Å². The molecule has 0 aliphatic heterocycles. The molecule has 19 heavy (non-hydrogen) atoms. The van der Waals surface area contributed by atoms with Crippen LogP contribution in [0.1, 0.15) is 40.0 Å². The van der Waals surface area contributed by atoms with Gasteiger partial charge in [-0.3, -0.25) is 9.59 Å². The van der Waals surface area contributed by atoms with Gasteiger partial charge in [0.05, 0.1) is 5.75 Å². The molecule has 0 rings (SSSR count). The molecule has 0 bridgehead atoms. The highest BCUT2D eigenvalue weighted by atomic mass is 32.2. The number of carbonyl (C=O) groups excluding carboxylic acids is 1. The number of rotatable bonds is 10. The summed E-state index contributed by atoms with van der Waals surface area (Å²) in [5.74, 6) is 0.600. The van der Waals surface area contributed by atoms with E-state index in [1.807, 2.05) is 6.92 Å². The Morgan fingerprint density at radius 2 is 1.84 bits per heavy atom. The summed E-state index contributed by atoms with van der Waals surface area (Å²) in [7, 11) is 0. The van der Waals surface area contributed by atoms with Crippen molar-refractivity contribution in [3.05, 3.63) is 0 Å². The van der Waals surface area contributed by atoms with Crippen molar-refractivity contribution < 1.29 is 14.7 Å². The van der Waals surface area contributed by atoms with E-state index in [4.69, 9.17) is 10.8 Å². The van der Waals surface area contributed by atoms with E-state index < -0.39 is 12.0 Å². The largest absolute Gasteiger partial charge is 0.480 e. The molecule has 0 aliphatic carbocycles. The zero-order valence-corrected chi connectivity index (χ0v) is 12.8. The summed E-state index contributed by atoms with van der Waals surface area (Å²) < 4.78 is 0. The minimum absolute atomic E-state index is 0.00477. The van der Waals surface area contributed by atoms with Crippen molar-refractivity contribution in [2.45, 2.75) is 52.1 Å². The number of hydrogen-bond donors (Lipinski definition) is 3. The van der Waals surface area contributed by atoms with Gasteiger partial charge >= 0.3 is 5.97 Å². The summed E-state index contributed by atoms with van der Waals surface area (Å²) in [6, 6.07) is -0.641. The van der Waals surface area contributed by atoms with Gasteiger partial charge in [0, 0.05) is 6.04 Å². The van der Waals surface area contributed by atoms with Crippen LogP contribution >= 0.6 is 11.8 Å². The predicted octanol–water partition coefficient (Wildman–Crippen LogP) is 1.46. The van der Waals surface area contributed by atoms with E-state index in [0.29, 0.717) is 23.8 Å². The minimum Gasteiger partial charge on any atom is -0.480 e. The summed E-state index contributed by atoms with van der Waals surface area (Å²) in [5, 5.41) is 11.5. The minimum atomic E-state index is -0.993. The highest BCUT2D eigenvalue weighted by molar-refractivity contribution is 7.99. The lowest BCUT2D eigenvalue weighted by molar-refractivity contribution is -0.138. The lowest BCUT2D eigenvalue weighted by Gasteiger charge is -2.15. The van der Waals surface area contributed by atoms with Gasteiger partial charge in [-0.15, -0.1) is 0 Å². The molecule has 6 heteroatoms. The van der Waals surface area contributed by atoms with E-state index in [9.17, 15) is 9.59 Å². The Balaban J connectivity index is 3.61. The van der Waals surface area contributed by atoms with Crippen LogP contribution in [-0.4, -0.2) is 40.6 Å². The molecule has 1 amide bonds. The molecule has 2 atom stereocenters. The Labute approximate surface area is 119 Å². The van der Waals surface area contributed by atoms with Crippen LogP contribution in [0.15, 0.2) is 0 Å². The quantitative estimate of drug-likeness (QED) is 0.530. The first kappa shape index (κ1) is 18.2. The van der Waals surface area contributed by atoms with Crippen LogP contribution < -0.4 is 11.1 Å². The monoisotopic (exact) mass is 290 g/mol. The van der Waals surface area contributed by atoms with Gasteiger partial charge in [-0.05, 0) is 37.9 Å². The van der Waals surface area contributed by atoms with Gasteiger partial charge in [0.25, 0.3) is 0 Å². The molecule has 2 unspecified atom stereocenters. The lowest BCUT2D eigenvalue weighted by Crippen LogP contribution is -2.34. The van der Waals surface area contributed by atoms with E-state index in [-0.39, 0.29) is 11.9 Å². The van der Waals surface area contributed by atoms with Gasteiger partial charge in [-0.1, -0.05) is 13.8 Å².